The van der Waals surface area contributed by atoms with E-state index in [-0.39, 0.29) is 0 Å². The van der Waals surface area contributed by atoms with Gasteiger partial charge in [-0.05, 0) is 22.8 Å². The molecule has 0 nitrogen and oxygen atoms in total. The SMILES string of the molecule is C=C[Si]CCc1cccc2ccccc12. The van der Waals surface area contributed by atoms with Crippen molar-refractivity contribution in [1.82, 2.24) is 0 Å². The Balaban J connectivity index is 2.30. The van der Waals surface area contributed by atoms with Gasteiger partial charge in [-0.3, -0.25) is 0 Å². The normalized spacial score (nSPS) is 10.4. The standard InChI is InChI=1S/C14H14Si/c1-2-15-11-10-13-8-5-7-12-6-3-4-9-14(12)13/h2-9H,1,10-11H2. The Kier molecular flexibility index (Phi) is 3.35. The number of aryl methyl sites for hydroxylation is 1. The maximum atomic E-state index is 3.77. The summed E-state index contributed by atoms with van der Waals surface area (Å²) in [5.74, 6) is 0. The van der Waals surface area contributed by atoms with Crippen LogP contribution in [0, 0.1) is 0 Å². The molecule has 0 saturated heterocycles. The van der Waals surface area contributed by atoms with Crippen LogP contribution in [-0.4, -0.2) is 9.52 Å². The summed E-state index contributed by atoms with van der Waals surface area (Å²) in [6.45, 7) is 3.77. The van der Waals surface area contributed by atoms with Crippen molar-refractivity contribution in [2.75, 3.05) is 0 Å². The van der Waals surface area contributed by atoms with Crippen molar-refractivity contribution in [2.24, 2.45) is 0 Å². The van der Waals surface area contributed by atoms with E-state index in [1.54, 1.807) is 0 Å². The van der Waals surface area contributed by atoms with Crippen LogP contribution in [0.4, 0.5) is 0 Å². The topological polar surface area (TPSA) is 0 Å². The molecule has 2 aromatic rings. The number of hydrogen-bond donors (Lipinski definition) is 0. The van der Waals surface area contributed by atoms with Gasteiger partial charge in [-0.15, -0.1) is 12.3 Å². The lowest BCUT2D eigenvalue weighted by Gasteiger charge is -2.04. The van der Waals surface area contributed by atoms with Crippen LogP contribution >= 0.6 is 0 Å². The van der Waals surface area contributed by atoms with Crippen LogP contribution in [0.15, 0.2) is 54.7 Å². The van der Waals surface area contributed by atoms with E-state index in [1.165, 1.54) is 22.4 Å². The maximum Gasteiger partial charge on any atom is 0.0698 e. The molecule has 0 aliphatic rings. The van der Waals surface area contributed by atoms with E-state index in [2.05, 4.69) is 49.0 Å². The van der Waals surface area contributed by atoms with Crippen LogP contribution in [0.5, 0.6) is 0 Å². The molecule has 15 heavy (non-hydrogen) atoms. The summed E-state index contributed by atoms with van der Waals surface area (Å²) in [4.78, 5) is 0. The fourth-order valence-electron chi connectivity index (χ4n) is 1.82. The molecule has 1 heteroatoms. The zero-order valence-electron chi connectivity index (χ0n) is 8.74. The molecule has 0 spiro atoms. The summed E-state index contributed by atoms with van der Waals surface area (Å²) in [7, 11) is 0.875. The van der Waals surface area contributed by atoms with Gasteiger partial charge in [0.05, 0.1) is 9.52 Å². The molecule has 0 atom stereocenters. The summed E-state index contributed by atoms with van der Waals surface area (Å²) in [5.41, 5.74) is 3.48. The Bertz CT molecular complexity index is 454. The van der Waals surface area contributed by atoms with Gasteiger partial charge in [0, 0.05) is 0 Å². The van der Waals surface area contributed by atoms with Gasteiger partial charge in [0.15, 0.2) is 0 Å². The van der Waals surface area contributed by atoms with E-state index >= 15 is 0 Å². The van der Waals surface area contributed by atoms with Gasteiger partial charge >= 0.3 is 0 Å². The van der Waals surface area contributed by atoms with Crippen LogP contribution in [0.1, 0.15) is 5.56 Å². The Morgan fingerprint density at radius 3 is 2.73 bits per heavy atom. The zero-order chi connectivity index (χ0) is 10.5. The minimum absolute atomic E-state index is 0.875. The predicted octanol–water partition coefficient (Wildman–Crippen LogP) is 3.65. The highest BCUT2D eigenvalue weighted by Crippen LogP contribution is 2.19. The van der Waals surface area contributed by atoms with E-state index in [9.17, 15) is 0 Å². The smallest absolute Gasteiger partial charge is 0.0698 e. The van der Waals surface area contributed by atoms with E-state index in [4.69, 9.17) is 0 Å². The third kappa shape index (κ3) is 2.36. The first kappa shape index (κ1) is 10.2. The molecule has 0 unspecified atom stereocenters. The summed E-state index contributed by atoms with van der Waals surface area (Å²) < 4.78 is 0. The van der Waals surface area contributed by atoms with Gasteiger partial charge in [-0.2, -0.15) is 0 Å². The van der Waals surface area contributed by atoms with Crippen LogP contribution < -0.4 is 0 Å². The molecule has 2 aromatic carbocycles. The molecule has 0 aromatic heterocycles. The molecule has 2 radical (unpaired) electrons. The van der Waals surface area contributed by atoms with Crippen molar-refractivity contribution in [1.29, 1.82) is 0 Å². The zero-order valence-corrected chi connectivity index (χ0v) is 9.74. The molecule has 0 amide bonds. The number of benzene rings is 2. The number of rotatable bonds is 4. The van der Waals surface area contributed by atoms with Crippen LogP contribution in [0.2, 0.25) is 6.04 Å². The molecule has 0 aliphatic carbocycles. The second-order valence-electron chi connectivity index (χ2n) is 3.55. The summed E-state index contributed by atoms with van der Waals surface area (Å²) in [6, 6.07) is 16.4. The number of hydrogen-bond acceptors (Lipinski definition) is 0. The van der Waals surface area contributed by atoms with Gasteiger partial charge in [-0.25, -0.2) is 0 Å². The van der Waals surface area contributed by atoms with Crippen molar-refractivity contribution < 1.29 is 0 Å². The molecule has 0 aliphatic heterocycles. The molecule has 0 bridgehead atoms. The highest BCUT2D eigenvalue weighted by atomic mass is 28.2. The minimum Gasteiger partial charge on any atom is -0.107 e. The number of fused-ring (bicyclic) bond motifs is 1. The molecule has 0 fully saturated rings. The van der Waals surface area contributed by atoms with Crippen molar-refractivity contribution in [3.63, 3.8) is 0 Å². The van der Waals surface area contributed by atoms with E-state index in [0.717, 1.165) is 15.9 Å². The van der Waals surface area contributed by atoms with Crippen molar-refractivity contribution in [3.05, 3.63) is 60.3 Å². The molecular weight excluding hydrogens is 196 g/mol. The molecule has 74 valence electrons. The van der Waals surface area contributed by atoms with Crippen molar-refractivity contribution in [2.45, 2.75) is 12.5 Å². The van der Waals surface area contributed by atoms with Crippen molar-refractivity contribution in [3.8, 4) is 0 Å². The molecule has 0 N–H and O–H groups in total. The van der Waals surface area contributed by atoms with Crippen LogP contribution in [-0.2, 0) is 6.42 Å². The van der Waals surface area contributed by atoms with Gasteiger partial charge in [0.1, 0.15) is 0 Å². The molecular formula is C14H14Si. The van der Waals surface area contributed by atoms with Gasteiger partial charge < -0.3 is 0 Å². The fourth-order valence-corrected chi connectivity index (χ4v) is 2.44. The van der Waals surface area contributed by atoms with Gasteiger partial charge in [0.2, 0.25) is 0 Å². The average Bonchev–Trinajstić information content (AvgIpc) is 2.30. The highest BCUT2D eigenvalue weighted by molar-refractivity contribution is 6.41. The Labute approximate surface area is 93.5 Å². The molecule has 0 heterocycles. The van der Waals surface area contributed by atoms with E-state index < -0.39 is 0 Å². The maximum absolute atomic E-state index is 3.77. The van der Waals surface area contributed by atoms with E-state index in [1.807, 2.05) is 5.70 Å². The fraction of sp³-hybridized carbons (Fsp3) is 0.143. The Morgan fingerprint density at radius 1 is 1.07 bits per heavy atom. The largest absolute Gasteiger partial charge is 0.107 e. The Morgan fingerprint density at radius 2 is 1.87 bits per heavy atom. The lowest BCUT2D eigenvalue weighted by molar-refractivity contribution is 1.15. The average molecular weight is 210 g/mol. The Hall–Kier alpha value is -1.34. The quantitative estimate of drug-likeness (QED) is 0.534. The molecule has 2 rings (SSSR count). The second-order valence-corrected chi connectivity index (χ2v) is 4.86. The van der Waals surface area contributed by atoms with Crippen LogP contribution in [0.25, 0.3) is 10.8 Å². The first-order valence-corrected chi connectivity index (χ1v) is 6.51. The summed E-state index contributed by atoms with van der Waals surface area (Å²) >= 11 is 0. The lowest BCUT2D eigenvalue weighted by Crippen LogP contribution is -1.90. The first-order chi connectivity index (χ1) is 7.42. The monoisotopic (exact) mass is 210 g/mol. The highest BCUT2D eigenvalue weighted by Gasteiger charge is 1.98. The third-order valence-corrected chi connectivity index (χ3v) is 3.39. The molecule has 0 saturated carbocycles. The van der Waals surface area contributed by atoms with Crippen molar-refractivity contribution >= 4 is 20.3 Å². The summed E-state index contributed by atoms with van der Waals surface area (Å²) in [6.07, 6.45) is 1.16. The summed E-state index contributed by atoms with van der Waals surface area (Å²) in [5, 5.41) is 2.74. The first-order valence-electron chi connectivity index (χ1n) is 5.23. The van der Waals surface area contributed by atoms with Crippen LogP contribution in [0.3, 0.4) is 0 Å². The predicted molar refractivity (Wildman–Crippen MR) is 68.4 cm³/mol. The lowest BCUT2D eigenvalue weighted by atomic mass is 10.0. The van der Waals surface area contributed by atoms with E-state index in [0.29, 0.717) is 0 Å². The second kappa shape index (κ2) is 4.94. The van der Waals surface area contributed by atoms with Gasteiger partial charge in [-0.1, -0.05) is 48.5 Å². The third-order valence-electron chi connectivity index (χ3n) is 2.56. The minimum atomic E-state index is 0.875. The van der Waals surface area contributed by atoms with Gasteiger partial charge in [0.25, 0.3) is 0 Å².